The Morgan fingerprint density at radius 2 is 1.79 bits per heavy atom. The summed E-state index contributed by atoms with van der Waals surface area (Å²) in [5.41, 5.74) is 2.63. The zero-order valence-corrected chi connectivity index (χ0v) is 21.5. The number of amides is 1. The molecule has 0 atom stereocenters. The van der Waals surface area contributed by atoms with Crippen molar-refractivity contribution in [3.8, 4) is 11.5 Å². The number of benzene rings is 1. The summed E-state index contributed by atoms with van der Waals surface area (Å²) in [4.78, 5) is 32.3. The van der Waals surface area contributed by atoms with E-state index in [0.717, 1.165) is 63.0 Å². The van der Waals surface area contributed by atoms with Gasteiger partial charge in [-0.2, -0.15) is 4.98 Å². The molecular weight excluding hydrogens is 452 g/mol. The molecule has 1 aromatic carbocycles. The van der Waals surface area contributed by atoms with Crippen LogP contribution in [0.3, 0.4) is 0 Å². The first-order valence-electron chi connectivity index (χ1n) is 12.0. The number of fused-ring (bicyclic) bond motifs is 1. The van der Waals surface area contributed by atoms with Gasteiger partial charge in [-0.15, -0.1) is 0 Å². The fourth-order valence-corrected chi connectivity index (χ4v) is 5.18. The molecule has 2 aromatic rings. The number of aromatic nitrogens is 2. The fourth-order valence-electron chi connectivity index (χ4n) is 4.30. The Labute approximate surface area is 206 Å². The minimum atomic E-state index is -0.208. The van der Waals surface area contributed by atoms with Crippen LogP contribution in [0.25, 0.3) is 0 Å². The number of hydrogen-bond donors (Lipinski definition) is 1. The van der Waals surface area contributed by atoms with Crippen LogP contribution in [-0.2, 0) is 24.2 Å². The highest BCUT2D eigenvalue weighted by Gasteiger charge is 2.21. The van der Waals surface area contributed by atoms with E-state index in [2.05, 4.69) is 29.0 Å². The average Bonchev–Trinajstić information content (AvgIpc) is 2.86. The minimum absolute atomic E-state index is 0.171. The van der Waals surface area contributed by atoms with Gasteiger partial charge < -0.3 is 19.7 Å². The molecule has 8 nitrogen and oxygen atoms in total. The number of anilines is 1. The molecule has 0 saturated heterocycles. The summed E-state index contributed by atoms with van der Waals surface area (Å²) in [5.74, 6) is 1.20. The van der Waals surface area contributed by atoms with Crippen LogP contribution in [0.15, 0.2) is 28.0 Å². The predicted molar refractivity (Wildman–Crippen MR) is 136 cm³/mol. The first-order valence-corrected chi connectivity index (χ1v) is 13.0. The first-order chi connectivity index (χ1) is 16.5. The maximum atomic E-state index is 12.9. The fraction of sp³-hybridized carbons (Fsp3) is 0.560. The summed E-state index contributed by atoms with van der Waals surface area (Å²) in [6.45, 7) is 8.01. The highest BCUT2D eigenvalue weighted by molar-refractivity contribution is 8.00. The standard InChI is InChI=1S/C25H36N4O4S/c1-5-28(6-2)12-9-13-29-22-11-8-7-10-21(22)24(27-25(29)31)34-17-23(30)26-18-14-19(32-3)16-20(15-18)33-4/h14-16H,5-13,17H2,1-4H3,(H,26,30). The molecule has 0 spiro atoms. The number of carbonyl (C=O) groups excluding carboxylic acids is 1. The zero-order chi connectivity index (χ0) is 24.5. The van der Waals surface area contributed by atoms with E-state index in [4.69, 9.17) is 9.47 Å². The van der Waals surface area contributed by atoms with Gasteiger partial charge in [0.15, 0.2) is 0 Å². The van der Waals surface area contributed by atoms with Crippen molar-refractivity contribution < 1.29 is 14.3 Å². The Morgan fingerprint density at radius 1 is 1.12 bits per heavy atom. The summed E-state index contributed by atoms with van der Waals surface area (Å²) in [6.07, 6.45) is 4.87. The van der Waals surface area contributed by atoms with Crippen molar-refractivity contribution in [3.63, 3.8) is 0 Å². The second-order valence-corrected chi connectivity index (χ2v) is 9.27. The van der Waals surface area contributed by atoms with E-state index in [1.165, 1.54) is 11.8 Å². The van der Waals surface area contributed by atoms with Crippen LogP contribution in [0.4, 0.5) is 5.69 Å². The lowest BCUT2D eigenvalue weighted by atomic mass is 9.97. The van der Waals surface area contributed by atoms with Gasteiger partial charge in [-0.05, 0) is 51.7 Å². The van der Waals surface area contributed by atoms with Gasteiger partial charge in [-0.1, -0.05) is 25.6 Å². The molecule has 34 heavy (non-hydrogen) atoms. The summed E-state index contributed by atoms with van der Waals surface area (Å²) >= 11 is 1.33. The SMILES string of the molecule is CCN(CC)CCCn1c2c(c(SCC(=O)Nc3cc(OC)cc(OC)c3)nc1=O)CCCC2. The van der Waals surface area contributed by atoms with Gasteiger partial charge in [-0.3, -0.25) is 9.36 Å². The highest BCUT2D eigenvalue weighted by Crippen LogP contribution is 2.29. The van der Waals surface area contributed by atoms with Crippen LogP contribution < -0.4 is 20.5 Å². The van der Waals surface area contributed by atoms with Crippen molar-refractivity contribution in [3.05, 3.63) is 39.9 Å². The molecule has 0 saturated carbocycles. The topological polar surface area (TPSA) is 85.7 Å². The maximum Gasteiger partial charge on any atom is 0.348 e. The van der Waals surface area contributed by atoms with E-state index >= 15 is 0 Å². The smallest absolute Gasteiger partial charge is 0.348 e. The molecule has 3 rings (SSSR count). The third-order valence-electron chi connectivity index (χ3n) is 6.18. The van der Waals surface area contributed by atoms with Crippen molar-refractivity contribution in [2.24, 2.45) is 0 Å². The molecule has 186 valence electrons. The lowest BCUT2D eigenvalue weighted by molar-refractivity contribution is -0.113. The second-order valence-electron chi connectivity index (χ2n) is 8.30. The van der Waals surface area contributed by atoms with Crippen LogP contribution in [0, 0.1) is 0 Å². The molecule has 1 amide bonds. The van der Waals surface area contributed by atoms with E-state index in [9.17, 15) is 9.59 Å². The third-order valence-corrected chi connectivity index (χ3v) is 7.19. The van der Waals surface area contributed by atoms with Crippen LogP contribution in [0.2, 0.25) is 0 Å². The summed E-state index contributed by atoms with van der Waals surface area (Å²) in [5, 5.41) is 3.57. The van der Waals surface area contributed by atoms with Gasteiger partial charge in [-0.25, -0.2) is 4.79 Å². The number of ether oxygens (including phenoxy) is 2. The maximum absolute atomic E-state index is 12.9. The van der Waals surface area contributed by atoms with Crippen molar-refractivity contribution in [2.45, 2.75) is 57.5 Å². The van der Waals surface area contributed by atoms with Crippen LogP contribution >= 0.6 is 11.8 Å². The van der Waals surface area contributed by atoms with Crippen molar-refractivity contribution in [1.82, 2.24) is 14.5 Å². The van der Waals surface area contributed by atoms with Gasteiger partial charge in [0.25, 0.3) is 0 Å². The number of methoxy groups -OCH3 is 2. The number of nitrogens with one attached hydrogen (secondary N) is 1. The molecule has 0 unspecified atom stereocenters. The van der Waals surface area contributed by atoms with E-state index in [1.54, 1.807) is 32.4 Å². The van der Waals surface area contributed by atoms with Crippen LogP contribution in [0.1, 0.15) is 44.4 Å². The zero-order valence-electron chi connectivity index (χ0n) is 20.7. The summed E-state index contributed by atoms with van der Waals surface area (Å²) in [7, 11) is 3.13. The lowest BCUT2D eigenvalue weighted by Crippen LogP contribution is -2.32. The van der Waals surface area contributed by atoms with E-state index in [1.807, 2.05) is 4.57 Å². The van der Waals surface area contributed by atoms with Crippen LogP contribution in [0.5, 0.6) is 11.5 Å². The Balaban J connectivity index is 1.70. The van der Waals surface area contributed by atoms with Gasteiger partial charge in [0.05, 0.1) is 20.0 Å². The minimum Gasteiger partial charge on any atom is -0.497 e. The number of carbonyl (C=O) groups is 1. The highest BCUT2D eigenvalue weighted by atomic mass is 32.2. The number of nitrogens with zero attached hydrogens (tertiary/aromatic N) is 3. The van der Waals surface area contributed by atoms with Gasteiger partial charge in [0.1, 0.15) is 16.5 Å². The molecule has 0 bridgehead atoms. The third kappa shape index (κ3) is 6.76. The first kappa shape index (κ1) is 26.1. The Morgan fingerprint density at radius 3 is 2.44 bits per heavy atom. The van der Waals surface area contributed by atoms with Gasteiger partial charge in [0.2, 0.25) is 5.91 Å². The predicted octanol–water partition coefficient (Wildman–Crippen LogP) is 3.60. The quantitative estimate of drug-likeness (QED) is 0.361. The molecule has 1 aliphatic carbocycles. The molecule has 1 heterocycles. The second kappa shape index (κ2) is 12.8. The summed E-state index contributed by atoms with van der Waals surface area (Å²) in [6, 6.07) is 5.23. The lowest BCUT2D eigenvalue weighted by Gasteiger charge is -2.23. The number of thioether (sulfide) groups is 1. The van der Waals surface area contributed by atoms with Crippen molar-refractivity contribution in [1.29, 1.82) is 0 Å². The number of hydrogen-bond acceptors (Lipinski definition) is 7. The molecule has 9 heteroatoms. The van der Waals surface area contributed by atoms with Crippen molar-refractivity contribution >= 4 is 23.4 Å². The molecule has 1 N–H and O–H groups in total. The van der Waals surface area contributed by atoms with Crippen LogP contribution in [-0.4, -0.2) is 60.0 Å². The molecule has 1 aliphatic rings. The van der Waals surface area contributed by atoms with E-state index in [-0.39, 0.29) is 17.3 Å². The van der Waals surface area contributed by atoms with Gasteiger partial charge >= 0.3 is 5.69 Å². The molecular formula is C25H36N4O4S. The number of rotatable bonds is 12. The van der Waals surface area contributed by atoms with E-state index < -0.39 is 0 Å². The molecule has 0 fully saturated rings. The van der Waals surface area contributed by atoms with Crippen molar-refractivity contribution in [2.75, 3.05) is 44.9 Å². The Kier molecular flexibility index (Phi) is 9.83. The van der Waals surface area contributed by atoms with E-state index in [0.29, 0.717) is 28.8 Å². The van der Waals surface area contributed by atoms with Gasteiger partial charge in [0, 0.05) is 41.7 Å². The largest absolute Gasteiger partial charge is 0.497 e. The summed E-state index contributed by atoms with van der Waals surface area (Å²) < 4.78 is 12.4. The normalized spacial score (nSPS) is 13.0. The average molecular weight is 489 g/mol. The Bertz CT molecular complexity index is 1010. The Hall–Kier alpha value is -2.52. The molecule has 0 aliphatic heterocycles. The molecule has 1 aromatic heterocycles. The monoisotopic (exact) mass is 488 g/mol. The molecule has 0 radical (unpaired) electrons.